The van der Waals surface area contributed by atoms with Crippen LogP contribution in [0.3, 0.4) is 0 Å². The summed E-state index contributed by atoms with van der Waals surface area (Å²) in [7, 11) is 0. The van der Waals surface area contributed by atoms with Crippen molar-refractivity contribution >= 4 is 17.5 Å². The maximum absolute atomic E-state index is 14.1. The van der Waals surface area contributed by atoms with Gasteiger partial charge in [-0.1, -0.05) is 12.1 Å². The lowest BCUT2D eigenvalue weighted by Crippen LogP contribution is -2.60. The normalized spacial score (nSPS) is 20.4. The highest BCUT2D eigenvalue weighted by molar-refractivity contribution is 5.94. The fourth-order valence-corrected chi connectivity index (χ4v) is 3.08. The molecule has 0 bridgehead atoms. The molecule has 0 aromatic heterocycles. The Kier molecular flexibility index (Phi) is 4.07. The van der Waals surface area contributed by atoms with Crippen molar-refractivity contribution in [3.05, 3.63) is 29.3 Å². The number of carbonyl (C=O) groups excluding carboxylic acids is 2. The van der Waals surface area contributed by atoms with E-state index < -0.39 is 23.5 Å². The number of hydrogen-bond acceptors (Lipinski definition) is 3. The lowest BCUT2D eigenvalue weighted by molar-refractivity contribution is -0.216. The standard InChI is InChI=1S/C17H20F2N2O3/c1-10(20-15(23)17(18,19)16(24)7-2-8-16)11-3-5-13-12(9-11)4-6-14(22)21-13/h3,5,9-10,24H,2,4,6-8H2,1H3,(H,20,23)(H,21,22). The van der Waals surface area contributed by atoms with Gasteiger partial charge < -0.3 is 15.7 Å². The predicted octanol–water partition coefficient (Wildman–Crippen LogP) is 2.30. The molecule has 1 aromatic carbocycles. The number of benzene rings is 1. The Bertz CT molecular complexity index is 686. The van der Waals surface area contributed by atoms with E-state index in [1.807, 2.05) is 0 Å². The zero-order valence-electron chi connectivity index (χ0n) is 13.4. The van der Waals surface area contributed by atoms with Crippen molar-refractivity contribution < 1.29 is 23.5 Å². The summed E-state index contributed by atoms with van der Waals surface area (Å²) in [5, 5.41) is 14.9. The van der Waals surface area contributed by atoms with E-state index in [2.05, 4.69) is 10.6 Å². The molecule has 130 valence electrons. The number of aryl methyl sites for hydroxylation is 1. The van der Waals surface area contributed by atoms with Gasteiger partial charge in [0.05, 0.1) is 6.04 Å². The third-order valence-corrected chi connectivity index (χ3v) is 4.92. The Hall–Kier alpha value is -2.02. The number of amides is 2. The summed E-state index contributed by atoms with van der Waals surface area (Å²) in [6.07, 6.45) is 1.31. The first kappa shape index (κ1) is 16.8. The van der Waals surface area contributed by atoms with Gasteiger partial charge >= 0.3 is 5.92 Å². The molecule has 24 heavy (non-hydrogen) atoms. The van der Waals surface area contributed by atoms with Crippen molar-refractivity contribution in [2.75, 3.05) is 5.32 Å². The van der Waals surface area contributed by atoms with Gasteiger partial charge in [0.1, 0.15) is 5.60 Å². The molecule has 3 N–H and O–H groups in total. The summed E-state index contributed by atoms with van der Waals surface area (Å²) in [5.74, 6) is -5.31. The number of anilines is 1. The van der Waals surface area contributed by atoms with Crippen molar-refractivity contribution in [2.45, 2.75) is 56.6 Å². The Morgan fingerprint density at radius 1 is 1.38 bits per heavy atom. The molecule has 1 unspecified atom stereocenters. The van der Waals surface area contributed by atoms with Gasteiger partial charge in [-0.2, -0.15) is 8.78 Å². The first-order chi connectivity index (χ1) is 11.2. The summed E-state index contributed by atoms with van der Waals surface area (Å²) in [5.41, 5.74) is 0.0755. The average molecular weight is 338 g/mol. The summed E-state index contributed by atoms with van der Waals surface area (Å²) >= 11 is 0. The molecule has 0 spiro atoms. The van der Waals surface area contributed by atoms with E-state index in [-0.39, 0.29) is 18.7 Å². The van der Waals surface area contributed by atoms with Crippen LogP contribution in [0.2, 0.25) is 0 Å². The molecule has 5 nitrogen and oxygen atoms in total. The third-order valence-electron chi connectivity index (χ3n) is 4.92. The quantitative estimate of drug-likeness (QED) is 0.788. The molecule has 1 heterocycles. The Balaban J connectivity index is 1.72. The van der Waals surface area contributed by atoms with Crippen LogP contribution in [-0.4, -0.2) is 28.4 Å². The highest BCUT2D eigenvalue weighted by Gasteiger charge is 2.61. The molecule has 0 radical (unpaired) electrons. The number of hydrogen-bond donors (Lipinski definition) is 3. The van der Waals surface area contributed by atoms with Crippen LogP contribution in [0.15, 0.2) is 18.2 Å². The van der Waals surface area contributed by atoms with Crippen molar-refractivity contribution in [1.82, 2.24) is 5.32 Å². The average Bonchev–Trinajstić information content (AvgIpc) is 2.51. The number of halogens is 2. The molecule has 2 aliphatic rings. The Labute approximate surface area is 138 Å². The SMILES string of the molecule is CC(NC(=O)C(F)(F)C1(O)CCC1)c1ccc2c(c1)CCC(=O)N2. The molecular formula is C17H20F2N2O3. The lowest BCUT2D eigenvalue weighted by atomic mass is 9.75. The minimum absolute atomic E-state index is 0.0509. The number of carbonyl (C=O) groups is 2. The third kappa shape index (κ3) is 2.77. The van der Waals surface area contributed by atoms with Crippen LogP contribution in [0.5, 0.6) is 0 Å². The van der Waals surface area contributed by atoms with Gasteiger partial charge in [-0.05, 0) is 49.8 Å². The lowest BCUT2D eigenvalue weighted by Gasteiger charge is -2.41. The van der Waals surface area contributed by atoms with E-state index in [0.29, 0.717) is 30.5 Å². The molecule has 1 aliphatic carbocycles. The Morgan fingerprint density at radius 2 is 2.08 bits per heavy atom. The molecule has 1 saturated carbocycles. The van der Waals surface area contributed by atoms with E-state index in [4.69, 9.17) is 0 Å². The fraction of sp³-hybridized carbons (Fsp3) is 0.529. The predicted molar refractivity (Wildman–Crippen MR) is 83.7 cm³/mol. The van der Waals surface area contributed by atoms with Crippen LogP contribution >= 0.6 is 0 Å². The molecule has 1 atom stereocenters. The molecule has 7 heteroatoms. The smallest absolute Gasteiger partial charge is 0.352 e. The second kappa shape index (κ2) is 5.81. The highest BCUT2D eigenvalue weighted by atomic mass is 19.3. The molecule has 1 fully saturated rings. The van der Waals surface area contributed by atoms with Crippen LogP contribution in [0.25, 0.3) is 0 Å². The van der Waals surface area contributed by atoms with Crippen LogP contribution in [0.4, 0.5) is 14.5 Å². The summed E-state index contributed by atoms with van der Waals surface area (Å²) < 4.78 is 28.3. The van der Waals surface area contributed by atoms with Gasteiger partial charge in [-0.25, -0.2) is 0 Å². The van der Waals surface area contributed by atoms with Gasteiger partial charge in [0, 0.05) is 12.1 Å². The molecule has 1 aliphatic heterocycles. The van der Waals surface area contributed by atoms with E-state index in [1.54, 1.807) is 25.1 Å². The molecule has 3 rings (SSSR count). The maximum atomic E-state index is 14.1. The zero-order valence-corrected chi connectivity index (χ0v) is 13.4. The number of alkyl halides is 2. The highest BCUT2D eigenvalue weighted by Crippen LogP contribution is 2.44. The van der Waals surface area contributed by atoms with E-state index in [9.17, 15) is 23.5 Å². The largest absolute Gasteiger partial charge is 0.383 e. The van der Waals surface area contributed by atoms with Gasteiger partial charge in [-0.3, -0.25) is 9.59 Å². The van der Waals surface area contributed by atoms with Crippen molar-refractivity contribution in [2.24, 2.45) is 0 Å². The van der Waals surface area contributed by atoms with Crippen molar-refractivity contribution in [3.8, 4) is 0 Å². The van der Waals surface area contributed by atoms with Crippen molar-refractivity contribution in [3.63, 3.8) is 0 Å². The summed E-state index contributed by atoms with van der Waals surface area (Å²) in [6, 6.07) is 4.57. The first-order valence-corrected chi connectivity index (χ1v) is 8.07. The van der Waals surface area contributed by atoms with Gasteiger partial charge in [0.15, 0.2) is 0 Å². The van der Waals surface area contributed by atoms with Gasteiger partial charge in [0.25, 0.3) is 5.91 Å². The second-order valence-electron chi connectivity index (χ2n) is 6.62. The maximum Gasteiger partial charge on any atom is 0.352 e. The molecule has 2 amide bonds. The Morgan fingerprint density at radius 3 is 2.71 bits per heavy atom. The number of fused-ring (bicyclic) bond motifs is 1. The zero-order chi connectivity index (χ0) is 17.5. The van der Waals surface area contributed by atoms with Crippen LogP contribution in [0.1, 0.15) is 49.8 Å². The minimum atomic E-state index is -3.80. The van der Waals surface area contributed by atoms with E-state index in [1.165, 1.54) is 0 Å². The molecule has 1 aromatic rings. The first-order valence-electron chi connectivity index (χ1n) is 8.07. The number of nitrogens with one attached hydrogen (secondary N) is 2. The topological polar surface area (TPSA) is 78.4 Å². The van der Waals surface area contributed by atoms with Crippen LogP contribution in [0, 0.1) is 0 Å². The van der Waals surface area contributed by atoms with Gasteiger partial charge in [0.2, 0.25) is 5.91 Å². The minimum Gasteiger partial charge on any atom is -0.383 e. The summed E-state index contributed by atoms with van der Waals surface area (Å²) in [4.78, 5) is 23.3. The van der Waals surface area contributed by atoms with Crippen LogP contribution in [-0.2, 0) is 16.0 Å². The number of rotatable bonds is 4. The number of aliphatic hydroxyl groups is 1. The molecule has 0 saturated heterocycles. The fourth-order valence-electron chi connectivity index (χ4n) is 3.08. The van der Waals surface area contributed by atoms with Crippen molar-refractivity contribution in [1.29, 1.82) is 0 Å². The van der Waals surface area contributed by atoms with E-state index >= 15 is 0 Å². The van der Waals surface area contributed by atoms with Gasteiger partial charge in [-0.15, -0.1) is 0 Å². The second-order valence-corrected chi connectivity index (χ2v) is 6.62. The van der Waals surface area contributed by atoms with Crippen LogP contribution < -0.4 is 10.6 Å². The summed E-state index contributed by atoms with van der Waals surface area (Å²) in [6.45, 7) is 1.61. The van der Waals surface area contributed by atoms with E-state index in [0.717, 1.165) is 5.56 Å². The monoisotopic (exact) mass is 338 g/mol. The molecular weight excluding hydrogens is 318 g/mol.